The zero-order valence-corrected chi connectivity index (χ0v) is 13.4. The third-order valence-corrected chi connectivity index (χ3v) is 4.56. The first-order chi connectivity index (χ1) is 9.64. The van der Waals surface area contributed by atoms with Crippen LogP contribution in [0, 0.1) is 5.41 Å². The van der Waals surface area contributed by atoms with Crippen LogP contribution in [0.4, 0.5) is 0 Å². The largest absolute Gasteiger partial charge is 0.303 e. The molecule has 0 amide bonds. The minimum Gasteiger partial charge on any atom is -0.303 e. The molecule has 4 heteroatoms. The first-order valence-corrected chi connectivity index (χ1v) is 8.01. The van der Waals surface area contributed by atoms with E-state index in [1.165, 1.54) is 0 Å². The third kappa shape index (κ3) is 4.15. The fourth-order valence-electron chi connectivity index (χ4n) is 2.67. The molecule has 114 valence electrons. The van der Waals surface area contributed by atoms with Crippen LogP contribution in [0.2, 0.25) is 0 Å². The van der Waals surface area contributed by atoms with Crippen molar-refractivity contribution in [3.8, 4) is 0 Å². The number of rotatable bonds is 10. The fraction of sp³-hybridized carbons (Fsp3) is 0.812. The molecule has 0 saturated carbocycles. The minimum absolute atomic E-state index is 0.183. The van der Waals surface area contributed by atoms with Gasteiger partial charge in [-0.3, -0.25) is 0 Å². The average molecular weight is 279 g/mol. The Morgan fingerprint density at radius 1 is 1.30 bits per heavy atom. The topological polar surface area (TPSA) is 47.8 Å². The number of aromatic nitrogens is 3. The van der Waals surface area contributed by atoms with Gasteiger partial charge < -0.3 is 4.79 Å². The monoisotopic (exact) mass is 279 g/mol. The summed E-state index contributed by atoms with van der Waals surface area (Å²) in [4.78, 5) is 11.3. The van der Waals surface area contributed by atoms with Gasteiger partial charge in [0.2, 0.25) is 0 Å². The van der Waals surface area contributed by atoms with Crippen molar-refractivity contribution in [1.82, 2.24) is 15.0 Å². The van der Waals surface area contributed by atoms with Crippen LogP contribution in [0.15, 0.2) is 6.20 Å². The molecule has 4 nitrogen and oxygen atoms in total. The number of carbonyl (C=O) groups is 1. The van der Waals surface area contributed by atoms with Crippen molar-refractivity contribution in [1.29, 1.82) is 0 Å². The van der Waals surface area contributed by atoms with Gasteiger partial charge in [-0.25, -0.2) is 4.68 Å². The lowest BCUT2D eigenvalue weighted by Crippen LogP contribution is -2.21. The number of aldehydes is 1. The molecular formula is C16H29N3O. The highest BCUT2D eigenvalue weighted by atomic mass is 16.1. The van der Waals surface area contributed by atoms with E-state index in [9.17, 15) is 4.79 Å². The average Bonchev–Trinajstić information content (AvgIpc) is 2.95. The van der Waals surface area contributed by atoms with Crippen LogP contribution in [-0.2, 0) is 11.2 Å². The van der Waals surface area contributed by atoms with Crippen molar-refractivity contribution < 1.29 is 4.79 Å². The molecule has 0 bridgehead atoms. The van der Waals surface area contributed by atoms with Crippen molar-refractivity contribution in [2.75, 3.05) is 0 Å². The Morgan fingerprint density at radius 3 is 2.50 bits per heavy atom. The van der Waals surface area contributed by atoms with E-state index in [-0.39, 0.29) is 5.41 Å². The predicted molar refractivity (Wildman–Crippen MR) is 81.7 cm³/mol. The van der Waals surface area contributed by atoms with Crippen LogP contribution in [0.5, 0.6) is 0 Å². The van der Waals surface area contributed by atoms with Crippen molar-refractivity contribution in [2.24, 2.45) is 5.41 Å². The Morgan fingerprint density at radius 2 is 2.00 bits per heavy atom. The standard InChI is InChI=1S/C16H29N3O/c1-5-9-15(6-2)19-12-14(17-18-19)10-11-16(7-3,8-4)13-20/h12-13,15H,5-11H2,1-4H3. The molecule has 1 aromatic heterocycles. The smallest absolute Gasteiger partial charge is 0.126 e. The molecule has 1 rings (SSSR count). The summed E-state index contributed by atoms with van der Waals surface area (Å²) in [5.74, 6) is 0. The highest BCUT2D eigenvalue weighted by Gasteiger charge is 2.25. The molecule has 0 aliphatic rings. The van der Waals surface area contributed by atoms with Gasteiger partial charge in [-0.05, 0) is 38.5 Å². The quantitative estimate of drug-likeness (QED) is 0.609. The third-order valence-electron chi connectivity index (χ3n) is 4.56. The van der Waals surface area contributed by atoms with Gasteiger partial charge in [0.05, 0.1) is 11.7 Å². The van der Waals surface area contributed by atoms with E-state index in [1.807, 2.05) is 4.68 Å². The van der Waals surface area contributed by atoms with Gasteiger partial charge in [0.1, 0.15) is 6.29 Å². The van der Waals surface area contributed by atoms with Crippen molar-refractivity contribution in [3.05, 3.63) is 11.9 Å². The Hall–Kier alpha value is -1.19. The summed E-state index contributed by atoms with van der Waals surface area (Å²) < 4.78 is 2.00. The lowest BCUT2D eigenvalue weighted by molar-refractivity contribution is -0.116. The SMILES string of the molecule is CCCC(CC)n1cc(CCC(C=O)(CC)CC)nn1. The zero-order chi connectivity index (χ0) is 15.0. The van der Waals surface area contributed by atoms with Gasteiger partial charge in [0, 0.05) is 11.6 Å². The normalized spacial score (nSPS) is 13.4. The van der Waals surface area contributed by atoms with Crippen LogP contribution < -0.4 is 0 Å². The maximum Gasteiger partial charge on any atom is 0.126 e. The molecule has 1 heterocycles. The highest BCUT2D eigenvalue weighted by molar-refractivity contribution is 5.59. The Balaban J connectivity index is 2.66. The van der Waals surface area contributed by atoms with Crippen LogP contribution in [0.3, 0.4) is 0 Å². The summed E-state index contributed by atoms with van der Waals surface area (Å²) >= 11 is 0. The second-order valence-corrected chi connectivity index (χ2v) is 5.73. The van der Waals surface area contributed by atoms with Gasteiger partial charge in [-0.15, -0.1) is 5.10 Å². The molecule has 1 unspecified atom stereocenters. The van der Waals surface area contributed by atoms with Crippen LogP contribution in [0.1, 0.15) is 78.0 Å². The number of carbonyl (C=O) groups excluding carboxylic acids is 1. The van der Waals surface area contributed by atoms with E-state index in [4.69, 9.17) is 0 Å². The number of hydrogen-bond donors (Lipinski definition) is 0. The molecule has 0 fully saturated rings. The molecule has 0 aliphatic carbocycles. The first-order valence-electron chi connectivity index (χ1n) is 8.01. The number of nitrogens with zero attached hydrogens (tertiary/aromatic N) is 3. The summed E-state index contributed by atoms with van der Waals surface area (Å²) in [6.45, 7) is 8.56. The van der Waals surface area contributed by atoms with Gasteiger partial charge in [-0.2, -0.15) is 0 Å². The highest BCUT2D eigenvalue weighted by Crippen LogP contribution is 2.29. The summed E-state index contributed by atoms with van der Waals surface area (Å²) in [5.41, 5.74) is 0.824. The fourth-order valence-corrected chi connectivity index (χ4v) is 2.67. The van der Waals surface area contributed by atoms with E-state index in [0.29, 0.717) is 6.04 Å². The van der Waals surface area contributed by atoms with Crippen molar-refractivity contribution in [3.63, 3.8) is 0 Å². The second kappa shape index (κ2) is 8.18. The van der Waals surface area contributed by atoms with Gasteiger partial charge >= 0.3 is 0 Å². The molecule has 0 spiro atoms. The molecule has 0 saturated heterocycles. The van der Waals surface area contributed by atoms with E-state index in [0.717, 1.165) is 56.9 Å². The van der Waals surface area contributed by atoms with Crippen molar-refractivity contribution >= 4 is 6.29 Å². The second-order valence-electron chi connectivity index (χ2n) is 5.73. The minimum atomic E-state index is -0.183. The van der Waals surface area contributed by atoms with Gasteiger partial charge in [0.25, 0.3) is 0 Å². The van der Waals surface area contributed by atoms with E-state index >= 15 is 0 Å². The molecule has 0 aromatic carbocycles. The summed E-state index contributed by atoms with van der Waals surface area (Å²) in [6.07, 6.45) is 10.1. The Kier molecular flexibility index (Phi) is 6.89. The maximum atomic E-state index is 11.3. The van der Waals surface area contributed by atoms with E-state index in [2.05, 4.69) is 44.2 Å². The van der Waals surface area contributed by atoms with E-state index in [1.54, 1.807) is 0 Å². The first kappa shape index (κ1) is 16.9. The summed E-state index contributed by atoms with van der Waals surface area (Å²) in [6, 6.07) is 0.453. The lowest BCUT2D eigenvalue weighted by Gasteiger charge is -2.24. The summed E-state index contributed by atoms with van der Waals surface area (Å²) in [7, 11) is 0. The molecule has 0 radical (unpaired) electrons. The van der Waals surface area contributed by atoms with Crippen LogP contribution in [0.25, 0.3) is 0 Å². The summed E-state index contributed by atoms with van der Waals surface area (Å²) in [5, 5.41) is 8.53. The van der Waals surface area contributed by atoms with Gasteiger partial charge in [-0.1, -0.05) is 39.3 Å². The molecule has 1 aromatic rings. The van der Waals surface area contributed by atoms with Gasteiger partial charge in [0.15, 0.2) is 0 Å². The molecule has 20 heavy (non-hydrogen) atoms. The number of hydrogen-bond acceptors (Lipinski definition) is 3. The molecule has 1 atom stereocenters. The molecule has 0 aliphatic heterocycles. The van der Waals surface area contributed by atoms with E-state index < -0.39 is 0 Å². The zero-order valence-electron chi connectivity index (χ0n) is 13.4. The lowest BCUT2D eigenvalue weighted by atomic mass is 9.79. The number of aryl methyl sites for hydroxylation is 1. The molecular weight excluding hydrogens is 250 g/mol. The predicted octanol–water partition coefficient (Wildman–Crippen LogP) is 3.97. The van der Waals surface area contributed by atoms with Crippen molar-refractivity contribution in [2.45, 2.75) is 78.7 Å². The Labute approximate surface area is 122 Å². The van der Waals surface area contributed by atoms with Crippen LogP contribution >= 0.6 is 0 Å². The Bertz CT molecular complexity index is 396. The van der Waals surface area contributed by atoms with Crippen LogP contribution in [-0.4, -0.2) is 21.3 Å². The maximum absolute atomic E-state index is 11.3. The molecule has 0 N–H and O–H groups in total.